The summed E-state index contributed by atoms with van der Waals surface area (Å²) < 4.78 is 0. The molecule has 8 heteroatoms. The van der Waals surface area contributed by atoms with Crippen molar-refractivity contribution in [1.29, 1.82) is 0 Å². The predicted octanol–water partition coefficient (Wildman–Crippen LogP) is 3.02. The molecule has 2 aromatic rings. The molecule has 0 aromatic heterocycles. The van der Waals surface area contributed by atoms with Crippen LogP contribution in [0.25, 0.3) is 0 Å². The van der Waals surface area contributed by atoms with Crippen LogP contribution in [-0.2, 0) is 9.59 Å². The highest BCUT2D eigenvalue weighted by atomic mass is 35.5. The Morgan fingerprint density at radius 2 is 1.93 bits per heavy atom. The molecule has 0 spiro atoms. The second-order valence-corrected chi connectivity index (χ2v) is 7.16. The molecule has 1 heterocycles. The van der Waals surface area contributed by atoms with E-state index in [4.69, 9.17) is 23.8 Å². The molecule has 2 aromatic carbocycles. The van der Waals surface area contributed by atoms with Crippen LogP contribution in [0.4, 0.5) is 11.4 Å². The van der Waals surface area contributed by atoms with Gasteiger partial charge in [0.15, 0.2) is 5.11 Å². The van der Waals surface area contributed by atoms with E-state index in [1.807, 2.05) is 31.2 Å². The van der Waals surface area contributed by atoms with E-state index in [0.29, 0.717) is 17.3 Å². The Morgan fingerprint density at radius 3 is 2.63 bits per heavy atom. The number of hydrogen-bond acceptors (Lipinski definition) is 3. The molecule has 0 bridgehead atoms. The number of rotatable bonds is 3. The Morgan fingerprint density at radius 1 is 1.19 bits per heavy atom. The van der Waals surface area contributed by atoms with Crippen LogP contribution in [0.5, 0.6) is 0 Å². The highest BCUT2D eigenvalue weighted by Gasteiger charge is 2.35. The van der Waals surface area contributed by atoms with Crippen LogP contribution in [0, 0.1) is 12.8 Å². The van der Waals surface area contributed by atoms with Crippen LogP contribution in [0.15, 0.2) is 48.5 Å². The lowest BCUT2D eigenvalue weighted by Gasteiger charge is -2.17. The predicted molar refractivity (Wildman–Crippen MR) is 111 cm³/mol. The fourth-order valence-corrected chi connectivity index (χ4v) is 3.17. The molecule has 0 saturated carbocycles. The molecule has 0 aliphatic carbocycles. The van der Waals surface area contributed by atoms with Gasteiger partial charge in [0.1, 0.15) is 0 Å². The molecule has 0 radical (unpaired) electrons. The number of nitrogens with one attached hydrogen (secondary N) is 3. The van der Waals surface area contributed by atoms with Crippen molar-refractivity contribution in [1.82, 2.24) is 10.9 Å². The van der Waals surface area contributed by atoms with Crippen LogP contribution in [0.3, 0.4) is 0 Å². The highest BCUT2D eigenvalue weighted by molar-refractivity contribution is 7.80. The van der Waals surface area contributed by atoms with Gasteiger partial charge in [-0.1, -0.05) is 35.4 Å². The van der Waals surface area contributed by atoms with Gasteiger partial charge in [0, 0.05) is 29.4 Å². The number of aryl methyl sites for hydroxylation is 1. The summed E-state index contributed by atoms with van der Waals surface area (Å²) in [4.78, 5) is 26.3. The maximum atomic E-state index is 12.4. The fourth-order valence-electron chi connectivity index (χ4n) is 2.81. The molecule has 1 aliphatic heterocycles. The molecular weight excluding hydrogens is 384 g/mol. The van der Waals surface area contributed by atoms with Crippen LogP contribution in [0.2, 0.25) is 5.02 Å². The first kappa shape index (κ1) is 19.1. The lowest BCUT2D eigenvalue weighted by atomic mass is 10.1. The van der Waals surface area contributed by atoms with E-state index in [9.17, 15) is 9.59 Å². The zero-order valence-corrected chi connectivity index (χ0v) is 16.2. The summed E-state index contributed by atoms with van der Waals surface area (Å²) in [5.74, 6) is -0.799. The Kier molecular flexibility index (Phi) is 5.93. The van der Waals surface area contributed by atoms with Crippen LogP contribution in [-0.4, -0.2) is 23.5 Å². The Hall–Kier alpha value is -2.64. The molecule has 1 atom stereocenters. The molecule has 6 nitrogen and oxygen atoms in total. The van der Waals surface area contributed by atoms with Gasteiger partial charge in [-0.05, 0) is 49.5 Å². The first-order valence-electron chi connectivity index (χ1n) is 8.42. The topological polar surface area (TPSA) is 73.5 Å². The average molecular weight is 403 g/mol. The minimum Gasteiger partial charge on any atom is -0.331 e. The first-order chi connectivity index (χ1) is 12.9. The molecule has 1 saturated heterocycles. The van der Waals surface area contributed by atoms with Crippen LogP contribution >= 0.6 is 23.8 Å². The number of benzene rings is 2. The van der Waals surface area contributed by atoms with Gasteiger partial charge in [-0.2, -0.15) is 0 Å². The third kappa shape index (κ3) is 4.96. The number of amides is 2. The van der Waals surface area contributed by atoms with Gasteiger partial charge >= 0.3 is 0 Å². The molecule has 1 fully saturated rings. The number of carbonyl (C=O) groups excluding carboxylic acids is 2. The minimum absolute atomic E-state index is 0.0707. The summed E-state index contributed by atoms with van der Waals surface area (Å²) in [5, 5.41) is 3.72. The van der Waals surface area contributed by atoms with E-state index in [1.54, 1.807) is 29.2 Å². The molecule has 2 amide bonds. The van der Waals surface area contributed by atoms with Crippen molar-refractivity contribution < 1.29 is 9.59 Å². The van der Waals surface area contributed by atoms with Crippen molar-refractivity contribution in [3.8, 4) is 0 Å². The number of halogens is 1. The summed E-state index contributed by atoms with van der Waals surface area (Å²) >= 11 is 11.1. The van der Waals surface area contributed by atoms with Crippen molar-refractivity contribution >= 4 is 52.1 Å². The maximum absolute atomic E-state index is 12.4. The lowest BCUT2D eigenvalue weighted by Crippen LogP contribution is -2.46. The molecule has 3 N–H and O–H groups in total. The first-order valence-corrected chi connectivity index (χ1v) is 9.20. The van der Waals surface area contributed by atoms with Gasteiger partial charge in [0.25, 0.3) is 0 Å². The fraction of sp³-hybridized carbons (Fsp3) is 0.211. The van der Waals surface area contributed by atoms with Crippen molar-refractivity contribution in [2.45, 2.75) is 13.3 Å². The lowest BCUT2D eigenvalue weighted by molar-refractivity contribution is -0.126. The van der Waals surface area contributed by atoms with Crippen molar-refractivity contribution in [2.24, 2.45) is 5.92 Å². The summed E-state index contributed by atoms with van der Waals surface area (Å²) in [5.41, 5.74) is 7.83. The van der Waals surface area contributed by atoms with E-state index >= 15 is 0 Å². The van der Waals surface area contributed by atoms with Gasteiger partial charge in [-0.15, -0.1) is 0 Å². The standard InChI is InChI=1S/C19H19ClN4O2S/c1-12-5-7-16(8-6-12)24-11-13(9-17(24)25)18(26)22-23-19(27)21-15-4-2-3-14(20)10-15/h2-8,10,13H,9,11H2,1H3,(H,22,26)(H2,21,23,27)/t13-/m0/s1. The number of carbonyl (C=O) groups is 2. The van der Waals surface area contributed by atoms with Crippen molar-refractivity contribution in [3.63, 3.8) is 0 Å². The van der Waals surface area contributed by atoms with Gasteiger partial charge in [0.05, 0.1) is 5.92 Å². The summed E-state index contributed by atoms with van der Waals surface area (Å²) in [6, 6.07) is 14.7. The molecule has 0 unspecified atom stereocenters. The van der Waals surface area contributed by atoms with Gasteiger partial charge < -0.3 is 10.2 Å². The van der Waals surface area contributed by atoms with Crippen LogP contribution < -0.4 is 21.1 Å². The van der Waals surface area contributed by atoms with Crippen molar-refractivity contribution in [2.75, 3.05) is 16.8 Å². The average Bonchev–Trinajstić information content (AvgIpc) is 3.02. The Balaban J connectivity index is 1.52. The number of anilines is 2. The smallest absolute Gasteiger partial charge is 0.243 e. The number of hydrogen-bond donors (Lipinski definition) is 3. The second-order valence-electron chi connectivity index (χ2n) is 6.32. The highest BCUT2D eigenvalue weighted by Crippen LogP contribution is 2.25. The molecule has 27 heavy (non-hydrogen) atoms. The molecule has 3 rings (SSSR count). The third-order valence-electron chi connectivity index (χ3n) is 4.22. The summed E-state index contributed by atoms with van der Waals surface area (Å²) in [7, 11) is 0. The SMILES string of the molecule is Cc1ccc(N2C[C@@H](C(=O)NNC(=S)Nc3cccc(Cl)c3)CC2=O)cc1. The van der Waals surface area contributed by atoms with E-state index in [-0.39, 0.29) is 23.3 Å². The Bertz CT molecular complexity index is 872. The zero-order chi connectivity index (χ0) is 19.4. The van der Waals surface area contributed by atoms with E-state index < -0.39 is 5.92 Å². The quantitative estimate of drug-likeness (QED) is 0.543. The maximum Gasteiger partial charge on any atom is 0.243 e. The third-order valence-corrected chi connectivity index (χ3v) is 4.66. The largest absolute Gasteiger partial charge is 0.331 e. The van der Waals surface area contributed by atoms with Crippen molar-refractivity contribution in [3.05, 3.63) is 59.1 Å². The second kappa shape index (κ2) is 8.37. The summed E-state index contributed by atoms with van der Waals surface area (Å²) in [6.07, 6.45) is 0.163. The van der Waals surface area contributed by atoms with Gasteiger partial charge in [0.2, 0.25) is 11.8 Å². The normalized spacial score (nSPS) is 16.1. The van der Waals surface area contributed by atoms with E-state index in [1.165, 1.54) is 0 Å². The summed E-state index contributed by atoms with van der Waals surface area (Å²) in [6.45, 7) is 2.32. The van der Waals surface area contributed by atoms with Crippen LogP contribution in [0.1, 0.15) is 12.0 Å². The molecular formula is C19H19ClN4O2S. The molecule has 1 aliphatic rings. The number of thiocarbonyl (C=S) groups is 1. The number of nitrogens with zero attached hydrogens (tertiary/aromatic N) is 1. The zero-order valence-electron chi connectivity index (χ0n) is 14.7. The number of hydrazine groups is 1. The van der Waals surface area contributed by atoms with Gasteiger partial charge in [-0.3, -0.25) is 20.4 Å². The van der Waals surface area contributed by atoms with E-state index in [0.717, 1.165) is 11.3 Å². The van der Waals surface area contributed by atoms with Gasteiger partial charge in [-0.25, -0.2) is 0 Å². The minimum atomic E-state index is -0.444. The van der Waals surface area contributed by atoms with E-state index in [2.05, 4.69) is 16.2 Å². The molecule has 140 valence electrons. The Labute approximate surface area is 167 Å². The monoisotopic (exact) mass is 402 g/mol.